The number of methoxy groups -OCH3 is 4. The number of hydrogen-bond donors (Lipinski definition) is 2. The van der Waals surface area contributed by atoms with E-state index in [0.29, 0.717) is 39.4 Å². The minimum atomic E-state index is -0.914. The minimum Gasteiger partial charge on any atom is -0.497 e. The number of ether oxygens (including phenoxy) is 4. The Morgan fingerprint density at radius 1 is 0.577 bits per heavy atom. The van der Waals surface area contributed by atoms with Crippen molar-refractivity contribution >= 4 is 45.4 Å². The first-order valence-electron chi connectivity index (χ1n) is 25.0. The molecule has 0 radical (unpaired) electrons. The van der Waals surface area contributed by atoms with Gasteiger partial charge in [0.1, 0.15) is 22.6 Å². The Kier molecular flexibility index (Phi) is 18.4. The number of aromatic nitrogens is 6. The van der Waals surface area contributed by atoms with Crippen LogP contribution in [0.25, 0.3) is 44.3 Å². The number of anilines is 2. The van der Waals surface area contributed by atoms with E-state index in [-0.39, 0.29) is 50.5 Å². The van der Waals surface area contributed by atoms with E-state index >= 15 is 13.2 Å². The molecule has 2 N–H and O–H groups in total. The summed E-state index contributed by atoms with van der Waals surface area (Å²) in [7, 11) is 11.6. The summed E-state index contributed by atoms with van der Waals surface area (Å²) < 4.78 is 66.4. The first-order valence-corrected chi connectivity index (χ1v) is 25.0. The zero-order valence-electron chi connectivity index (χ0n) is 44.7. The molecule has 0 spiro atoms. The third kappa shape index (κ3) is 12.9. The van der Waals surface area contributed by atoms with Crippen LogP contribution >= 0.6 is 0 Å². The Balaban J connectivity index is 0.000000206. The molecule has 1 saturated heterocycles. The molecule has 0 bridgehead atoms. The Morgan fingerprint density at radius 3 is 1.71 bits per heavy atom. The maximum Gasteiger partial charge on any atom is 0.259 e. The highest BCUT2D eigenvalue weighted by Crippen LogP contribution is 2.41. The van der Waals surface area contributed by atoms with Crippen molar-refractivity contribution in [3.63, 3.8) is 0 Å². The van der Waals surface area contributed by atoms with Gasteiger partial charge >= 0.3 is 0 Å². The number of hydrogen-bond acceptors (Lipinski definition) is 16. The number of likely N-dealkylation sites (N-methyl/N-ethyl adjacent to an activating group) is 3. The predicted octanol–water partition coefficient (Wildman–Crippen LogP) is 8.47. The van der Waals surface area contributed by atoms with Crippen molar-refractivity contribution in [3.8, 4) is 45.3 Å². The van der Waals surface area contributed by atoms with Crippen LogP contribution in [0.3, 0.4) is 0 Å². The Bertz CT molecular complexity index is 3370. The highest BCUT2D eigenvalue weighted by molar-refractivity contribution is 6.14. The lowest BCUT2D eigenvalue weighted by molar-refractivity contribution is 0.101. The predicted molar refractivity (Wildman–Crippen MR) is 293 cm³/mol. The zero-order chi connectivity index (χ0) is 55.5. The summed E-state index contributed by atoms with van der Waals surface area (Å²) in [5.41, 5.74) is 4.42. The van der Waals surface area contributed by atoms with E-state index in [2.05, 4.69) is 74.1 Å². The van der Waals surface area contributed by atoms with E-state index in [4.69, 9.17) is 18.9 Å². The largest absolute Gasteiger partial charge is 0.497 e. The van der Waals surface area contributed by atoms with Gasteiger partial charge in [-0.25, -0.2) is 18.2 Å². The van der Waals surface area contributed by atoms with Crippen LogP contribution in [0.5, 0.6) is 23.0 Å². The molecule has 4 aromatic carbocycles. The second-order valence-electron chi connectivity index (χ2n) is 18.6. The van der Waals surface area contributed by atoms with Gasteiger partial charge in [-0.2, -0.15) is 0 Å². The second kappa shape index (κ2) is 25.6. The molecule has 21 heteroatoms. The smallest absolute Gasteiger partial charge is 0.259 e. The van der Waals surface area contributed by atoms with Gasteiger partial charge in [0, 0.05) is 112 Å². The summed E-state index contributed by atoms with van der Waals surface area (Å²) in [5, 5.41) is 5.66. The lowest BCUT2D eigenvalue weighted by Gasteiger charge is -2.33. The highest BCUT2D eigenvalue weighted by atomic mass is 19.1. The van der Waals surface area contributed by atoms with Crippen LogP contribution in [-0.2, 0) is 13.1 Å². The molecule has 5 heterocycles. The van der Waals surface area contributed by atoms with Crippen LogP contribution in [0.2, 0.25) is 0 Å². The van der Waals surface area contributed by atoms with Gasteiger partial charge < -0.3 is 44.3 Å². The lowest BCUT2D eigenvalue weighted by Crippen LogP contribution is -2.45. The molecule has 0 unspecified atom stereocenters. The number of carbonyl (C=O) groups excluding carboxylic acids is 2. The quantitative estimate of drug-likeness (QED) is 0.0833. The lowest BCUT2D eigenvalue weighted by atomic mass is 9.98. The van der Waals surface area contributed by atoms with Crippen LogP contribution in [-0.4, -0.2) is 157 Å². The van der Waals surface area contributed by atoms with Crippen molar-refractivity contribution in [2.75, 3.05) is 106 Å². The van der Waals surface area contributed by atoms with E-state index < -0.39 is 29.3 Å². The highest BCUT2D eigenvalue weighted by Gasteiger charge is 2.26. The Labute approximate surface area is 450 Å². The maximum absolute atomic E-state index is 15.3. The number of halogens is 3. The number of carbonyl (C=O) groups is 2. The monoisotopic (exact) mass is 1070 g/mol. The van der Waals surface area contributed by atoms with Gasteiger partial charge in [-0.05, 0) is 69.6 Å². The molecule has 2 amide bonds. The van der Waals surface area contributed by atoms with E-state index in [9.17, 15) is 9.59 Å². The van der Waals surface area contributed by atoms with Crippen LogP contribution < -0.4 is 29.6 Å². The van der Waals surface area contributed by atoms with Crippen molar-refractivity contribution in [3.05, 3.63) is 144 Å². The number of fused-ring (bicyclic) bond motifs is 2. The molecule has 9 rings (SSSR count). The van der Waals surface area contributed by atoms with E-state index in [1.165, 1.54) is 71.4 Å². The maximum atomic E-state index is 15.3. The fraction of sp³-hybridized carbons (Fsp3) is 0.298. The summed E-state index contributed by atoms with van der Waals surface area (Å²) >= 11 is 0. The summed E-state index contributed by atoms with van der Waals surface area (Å²) in [6, 6.07) is 17.7. The minimum absolute atomic E-state index is 0.0385. The molecule has 0 saturated carbocycles. The standard InChI is InChI=1S/C29H30F2N6O3.C28H31FN6O3/c1-4-36-11-13-37(14-12-36)17-19-6-5-18(16-34-19)35-29(38)21-8-7-20(27-28(21)33-10-9-32-27)24-25(30)22(39-2)15-23(40-3)26(24)31;1-34(2)12-13-35(3)17-18-6-9-24(32-16-18)33-28(36)21-8-7-20(26-27(21)31-11-10-30-26)22-14-19(37-4)15-23(38-5)25(22)29/h5-10,15-16H,4,11-14,17H2,1-3H3,(H,35,38);6-11,14-16H,12-13,17H2,1-5H3,(H,32,33,36). The number of benzene rings is 4. The zero-order valence-corrected chi connectivity index (χ0v) is 44.7. The van der Waals surface area contributed by atoms with Crippen LogP contribution in [0.15, 0.2) is 104 Å². The summed E-state index contributed by atoms with van der Waals surface area (Å²) in [6.45, 7) is 10.7. The molecule has 1 aliphatic rings. The molecule has 78 heavy (non-hydrogen) atoms. The third-order valence-electron chi connectivity index (χ3n) is 13.2. The van der Waals surface area contributed by atoms with E-state index in [0.717, 1.165) is 76.2 Å². The molecule has 8 aromatic rings. The fourth-order valence-corrected chi connectivity index (χ4v) is 8.88. The Hall–Kier alpha value is -8.37. The molecular formula is C57H61F3N12O6. The number of piperazine rings is 1. The molecule has 406 valence electrons. The van der Waals surface area contributed by atoms with E-state index in [1.54, 1.807) is 42.7 Å². The molecular weight excluding hydrogens is 1010 g/mol. The topological polar surface area (TPSA) is 185 Å². The number of pyridine rings is 2. The van der Waals surface area contributed by atoms with Crippen LogP contribution in [0.1, 0.15) is 38.9 Å². The van der Waals surface area contributed by atoms with Gasteiger partial charge in [0.2, 0.25) is 0 Å². The fourth-order valence-electron chi connectivity index (χ4n) is 8.88. The van der Waals surface area contributed by atoms with Gasteiger partial charge in [0.25, 0.3) is 11.8 Å². The summed E-state index contributed by atoms with van der Waals surface area (Å²) in [5.74, 6) is -2.73. The van der Waals surface area contributed by atoms with Crippen molar-refractivity contribution < 1.29 is 41.7 Å². The molecule has 1 aliphatic heterocycles. The number of nitrogens with one attached hydrogen (secondary N) is 2. The van der Waals surface area contributed by atoms with Crippen LogP contribution in [0, 0.1) is 17.5 Å². The second-order valence-corrected chi connectivity index (χ2v) is 18.6. The molecule has 0 atom stereocenters. The molecule has 1 fully saturated rings. The van der Waals surface area contributed by atoms with Gasteiger partial charge in [-0.1, -0.05) is 25.1 Å². The van der Waals surface area contributed by atoms with E-state index in [1.807, 2.05) is 26.2 Å². The number of rotatable bonds is 18. The normalized spacial score (nSPS) is 12.8. The first-order chi connectivity index (χ1) is 37.7. The first kappa shape index (κ1) is 55.9. The average molecular weight is 1070 g/mol. The van der Waals surface area contributed by atoms with Gasteiger partial charge in [-0.15, -0.1) is 0 Å². The number of amides is 2. The van der Waals surface area contributed by atoms with Crippen molar-refractivity contribution in [2.24, 2.45) is 0 Å². The van der Waals surface area contributed by atoms with Gasteiger partial charge in [-0.3, -0.25) is 39.4 Å². The van der Waals surface area contributed by atoms with Crippen molar-refractivity contribution in [1.82, 2.24) is 49.5 Å². The summed E-state index contributed by atoms with van der Waals surface area (Å²) in [4.78, 5) is 61.9. The molecule has 0 aliphatic carbocycles. The summed E-state index contributed by atoms with van der Waals surface area (Å²) in [6.07, 6.45) is 9.17. The molecule has 18 nitrogen and oxygen atoms in total. The average Bonchev–Trinajstić information content (AvgIpc) is 3.50. The van der Waals surface area contributed by atoms with Gasteiger partial charge in [0.15, 0.2) is 34.7 Å². The number of nitrogens with zero attached hydrogens (tertiary/aromatic N) is 10. The third-order valence-corrected chi connectivity index (χ3v) is 13.2. The molecule has 4 aromatic heterocycles. The Morgan fingerprint density at radius 2 is 1.15 bits per heavy atom. The van der Waals surface area contributed by atoms with Crippen molar-refractivity contribution in [1.29, 1.82) is 0 Å². The SMILES string of the molecule is CCN1CCN(Cc2ccc(NC(=O)c3ccc(-c4c(F)c(OC)cc(OC)c4F)c4nccnc34)cn2)CC1.COc1cc(OC)c(F)c(-c2ccc(C(=O)Nc3ccc(CN(C)CCN(C)C)cn3)c3nccnc23)c1. The van der Waals surface area contributed by atoms with Crippen molar-refractivity contribution in [2.45, 2.75) is 20.0 Å². The van der Waals surface area contributed by atoms with Gasteiger partial charge in [0.05, 0.1) is 73.7 Å². The van der Waals surface area contributed by atoms with Crippen LogP contribution in [0.4, 0.5) is 24.7 Å².